The van der Waals surface area contributed by atoms with Crippen molar-refractivity contribution in [3.8, 4) is 39.1 Å². The lowest BCUT2D eigenvalue weighted by Crippen LogP contribution is -2.33. The van der Waals surface area contributed by atoms with Crippen LogP contribution in [0.2, 0.25) is 0 Å². The third-order valence-electron chi connectivity index (χ3n) is 20.4. The van der Waals surface area contributed by atoms with Gasteiger partial charge in [-0.05, 0) is 234 Å². The minimum Gasteiger partial charge on any atom is -0.310 e. The molecule has 0 spiro atoms. The van der Waals surface area contributed by atoms with Gasteiger partial charge in [0.05, 0.1) is 16.7 Å². The molecule has 0 saturated heterocycles. The second kappa shape index (κ2) is 21.4. The van der Waals surface area contributed by atoms with Gasteiger partial charge in [0.2, 0.25) is 0 Å². The van der Waals surface area contributed by atoms with Crippen molar-refractivity contribution in [1.82, 2.24) is 4.57 Å². The quantitative estimate of drug-likeness (QED) is 0.121. The van der Waals surface area contributed by atoms with Crippen molar-refractivity contribution in [2.45, 2.75) is 38.5 Å². The van der Waals surface area contributed by atoms with E-state index < -0.39 is 0 Å². The summed E-state index contributed by atoms with van der Waals surface area (Å²) in [5.41, 5.74) is 25.6. The predicted molar refractivity (Wildman–Crippen MR) is 398 cm³/mol. The first-order valence-corrected chi connectivity index (χ1v) is 32.8. The topological polar surface area (TPSA) is 14.7 Å². The van der Waals surface area contributed by atoms with E-state index in [2.05, 4.69) is 375 Å². The Morgan fingerprint density at radius 1 is 0.213 bits per heavy atom. The smallest absolute Gasteiger partial charge is 0.0582 e. The maximum absolute atomic E-state index is 2.67. The molecule has 94 heavy (non-hydrogen) atoms. The first-order chi connectivity index (χ1) is 46.1. The van der Waals surface area contributed by atoms with Gasteiger partial charge in [0.1, 0.15) is 0 Å². The maximum atomic E-state index is 2.67. The molecule has 0 atom stereocenters. The lowest BCUT2D eigenvalue weighted by molar-refractivity contribution is 0.594. The van der Waals surface area contributed by atoms with Crippen LogP contribution in [0.1, 0.15) is 49.9 Å². The molecule has 2 aliphatic heterocycles. The molecule has 0 amide bonds. The summed E-state index contributed by atoms with van der Waals surface area (Å²) in [5.74, 6) is 0. The van der Waals surface area contributed by atoms with Gasteiger partial charge in [0, 0.05) is 72.8 Å². The number of hydrogen-bond acceptors (Lipinski definition) is 3. The second-order valence-electron chi connectivity index (χ2n) is 26.6. The number of aromatic nitrogens is 1. The highest BCUT2D eigenvalue weighted by atomic mass is 15.2. The van der Waals surface area contributed by atoms with Crippen molar-refractivity contribution in [3.63, 3.8) is 0 Å². The van der Waals surface area contributed by atoms with Crippen LogP contribution in [0.5, 0.6) is 0 Å². The van der Waals surface area contributed by atoms with E-state index in [1.54, 1.807) is 0 Å². The van der Waals surface area contributed by atoms with Crippen LogP contribution in [0.3, 0.4) is 0 Å². The van der Waals surface area contributed by atoms with E-state index in [9.17, 15) is 0 Å². The van der Waals surface area contributed by atoms with Crippen LogP contribution >= 0.6 is 0 Å². The number of para-hydroxylation sites is 3. The predicted octanol–water partition coefficient (Wildman–Crippen LogP) is 24.9. The molecular weight excluding hydrogens is 1140 g/mol. The molecule has 16 aromatic rings. The Kier molecular flexibility index (Phi) is 12.6. The van der Waals surface area contributed by atoms with Crippen molar-refractivity contribution in [3.05, 3.63) is 350 Å². The molecule has 2 aliphatic rings. The summed E-state index contributed by atoms with van der Waals surface area (Å²) in [6, 6.07) is 121. The Bertz CT molecular complexity index is 5390. The van der Waals surface area contributed by atoms with Gasteiger partial charge >= 0.3 is 0 Å². The monoisotopic (exact) mass is 1200 g/mol. The van der Waals surface area contributed by atoms with E-state index in [4.69, 9.17) is 0 Å². The van der Waals surface area contributed by atoms with Gasteiger partial charge < -0.3 is 19.3 Å². The number of anilines is 9. The van der Waals surface area contributed by atoms with Gasteiger partial charge in [-0.1, -0.05) is 210 Å². The molecule has 1 aromatic heterocycles. The van der Waals surface area contributed by atoms with Crippen LogP contribution in [0.15, 0.2) is 328 Å². The standard InChI is InChI=1S/C90H66N4/c1-89(2)82-55-68(62-32-41-74(42-33-62)91(71-26-8-5-9-27-71)77-47-38-59-20-14-17-23-65(59)50-77)53-80-81-54-69(63-34-43-75(44-35-63)92(72-28-10-6-11-29-72)78-48-39-60-21-15-18-24-66(60)51-78)56-83-87(81)94(86(80)82)88-84(89)57-70(58-85(88)90(83,3)4)64-36-45-76(46-37-64)93(73-30-12-7-13-31-73)79-49-40-61-22-16-19-25-67(61)52-79/h5-58H,1-4H3. The van der Waals surface area contributed by atoms with Crippen molar-refractivity contribution < 1.29 is 0 Å². The number of hydrogen-bond donors (Lipinski definition) is 0. The molecular formula is C90H66N4. The van der Waals surface area contributed by atoms with Gasteiger partial charge in [-0.3, -0.25) is 0 Å². The summed E-state index contributed by atoms with van der Waals surface area (Å²) in [7, 11) is 0. The van der Waals surface area contributed by atoms with Gasteiger partial charge in [0.15, 0.2) is 0 Å². The first-order valence-electron chi connectivity index (χ1n) is 32.8. The zero-order valence-electron chi connectivity index (χ0n) is 53.0. The molecule has 0 unspecified atom stereocenters. The summed E-state index contributed by atoms with van der Waals surface area (Å²) in [4.78, 5) is 7.12. The minimum atomic E-state index is -0.388. The Labute approximate surface area is 548 Å². The zero-order chi connectivity index (χ0) is 62.8. The molecule has 0 bridgehead atoms. The lowest BCUT2D eigenvalue weighted by atomic mass is 9.67. The SMILES string of the molecule is CC1(C)c2cc(-c3ccc(N(c4ccccc4)c4ccc5ccccc5c4)cc3)cc3c2-n2c4c1cc(-c1ccc(N(c5ccccc5)c5ccc6ccccc6c5)cc1)cc4c1cc(-c4ccc(N(c5ccccc5)c5ccc6ccccc6c5)cc4)cc(c12)C3(C)C. The molecule has 0 aliphatic carbocycles. The highest BCUT2D eigenvalue weighted by Gasteiger charge is 2.44. The zero-order valence-corrected chi connectivity index (χ0v) is 53.0. The van der Waals surface area contributed by atoms with Gasteiger partial charge in [-0.15, -0.1) is 0 Å². The van der Waals surface area contributed by atoms with Crippen LogP contribution in [0.25, 0.3) is 93.2 Å². The molecule has 446 valence electrons. The fraction of sp³-hybridized carbons (Fsp3) is 0.0667. The first kappa shape index (κ1) is 55.1. The van der Waals surface area contributed by atoms with E-state index >= 15 is 0 Å². The summed E-state index contributed by atoms with van der Waals surface area (Å²) in [6.07, 6.45) is 0. The van der Waals surface area contributed by atoms with E-state index in [0.29, 0.717) is 0 Å². The Morgan fingerprint density at radius 2 is 0.468 bits per heavy atom. The van der Waals surface area contributed by atoms with Crippen LogP contribution in [-0.4, -0.2) is 4.57 Å². The van der Waals surface area contributed by atoms with Crippen LogP contribution in [-0.2, 0) is 10.8 Å². The Morgan fingerprint density at radius 3 is 0.787 bits per heavy atom. The van der Waals surface area contributed by atoms with E-state index in [-0.39, 0.29) is 10.8 Å². The van der Waals surface area contributed by atoms with Gasteiger partial charge in [0.25, 0.3) is 0 Å². The third kappa shape index (κ3) is 8.89. The molecule has 0 radical (unpaired) electrons. The molecule has 0 fully saturated rings. The molecule has 3 heterocycles. The van der Waals surface area contributed by atoms with Crippen LogP contribution in [0, 0.1) is 0 Å². The average molecular weight is 1200 g/mol. The van der Waals surface area contributed by atoms with Crippen molar-refractivity contribution in [1.29, 1.82) is 0 Å². The molecule has 4 nitrogen and oxygen atoms in total. The highest BCUT2D eigenvalue weighted by Crippen LogP contribution is 2.58. The third-order valence-corrected chi connectivity index (χ3v) is 20.4. The number of nitrogens with zero attached hydrogens (tertiary/aromatic N) is 4. The largest absolute Gasteiger partial charge is 0.310 e. The maximum Gasteiger partial charge on any atom is 0.0582 e. The van der Waals surface area contributed by atoms with E-state index in [0.717, 1.165) is 51.2 Å². The summed E-state index contributed by atoms with van der Waals surface area (Å²) in [5, 5.41) is 9.87. The van der Waals surface area contributed by atoms with Crippen molar-refractivity contribution in [2.75, 3.05) is 14.7 Å². The van der Waals surface area contributed by atoms with E-state index in [1.807, 2.05) is 0 Å². The average Bonchev–Trinajstić information content (AvgIpc) is 1.44. The minimum absolute atomic E-state index is 0.388. The molecule has 15 aromatic carbocycles. The molecule has 0 N–H and O–H groups in total. The summed E-state index contributed by atoms with van der Waals surface area (Å²) in [6.45, 7) is 9.86. The van der Waals surface area contributed by atoms with Crippen molar-refractivity contribution in [2.24, 2.45) is 0 Å². The number of benzene rings is 15. The molecule has 4 heteroatoms. The second-order valence-corrected chi connectivity index (χ2v) is 26.6. The van der Waals surface area contributed by atoms with Crippen LogP contribution in [0.4, 0.5) is 51.2 Å². The lowest BCUT2D eigenvalue weighted by Gasteiger charge is -2.42. The van der Waals surface area contributed by atoms with Gasteiger partial charge in [-0.25, -0.2) is 0 Å². The summed E-state index contributed by atoms with van der Waals surface area (Å²) < 4.78 is 2.67. The number of fused-ring (bicyclic) bond motifs is 4. The van der Waals surface area contributed by atoms with Crippen LogP contribution < -0.4 is 14.7 Å². The van der Waals surface area contributed by atoms with Gasteiger partial charge in [-0.2, -0.15) is 0 Å². The normalized spacial score (nSPS) is 13.3. The fourth-order valence-electron chi connectivity index (χ4n) is 15.5. The Balaban J connectivity index is 0.804. The Hall–Kier alpha value is -11.7. The fourth-order valence-corrected chi connectivity index (χ4v) is 15.5. The van der Waals surface area contributed by atoms with Crippen molar-refractivity contribution >= 4 is 105 Å². The van der Waals surface area contributed by atoms with E-state index in [1.165, 1.54) is 115 Å². The summed E-state index contributed by atoms with van der Waals surface area (Å²) >= 11 is 0. The highest BCUT2D eigenvalue weighted by molar-refractivity contribution is 6.16. The molecule has 0 saturated carbocycles. The number of rotatable bonds is 12. The molecule has 18 rings (SSSR count).